The van der Waals surface area contributed by atoms with Crippen LogP contribution in [0.5, 0.6) is 0 Å². The van der Waals surface area contributed by atoms with Crippen LogP contribution < -0.4 is 5.73 Å². The molecule has 2 heteroatoms. The van der Waals surface area contributed by atoms with E-state index in [1.165, 1.54) is 38.2 Å². The molecule has 0 heterocycles. The van der Waals surface area contributed by atoms with Gasteiger partial charge in [0.05, 0.1) is 0 Å². The third-order valence-electron chi connectivity index (χ3n) is 5.81. The first-order valence-corrected chi connectivity index (χ1v) is 7.21. The highest BCUT2D eigenvalue weighted by Crippen LogP contribution is 2.60. The molecule has 0 aliphatic heterocycles. The lowest BCUT2D eigenvalue weighted by atomic mass is 9.47. The van der Waals surface area contributed by atoms with Crippen LogP contribution >= 0.6 is 0 Å². The molecule has 0 amide bonds. The van der Waals surface area contributed by atoms with E-state index in [-0.39, 0.29) is 11.4 Å². The first kappa shape index (κ1) is 11.0. The molecule has 0 atom stereocenters. The van der Waals surface area contributed by atoms with Crippen LogP contribution in [0.2, 0.25) is 0 Å². The van der Waals surface area contributed by atoms with Crippen molar-refractivity contribution in [1.82, 2.24) is 0 Å². The van der Waals surface area contributed by atoms with Crippen molar-refractivity contribution in [3.8, 4) is 0 Å². The minimum Gasteiger partial charge on any atom is -0.321 e. The van der Waals surface area contributed by atoms with E-state index in [0.717, 1.165) is 17.4 Å². The van der Waals surface area contributed by atoms with Gasteiger partial charge in [0.1, 0.15) is 5.82 Å². The largest absolute Gasteiger partial charge is 0.321 e. The summed E-state index contributed by atoms with van der Waals surface area (Å²) in [6.07, 6.45) is 6.48. The van der Waals surface area contributed by atoms with Gasteiger partial charge in [0, 0.05) is 5.54 Å². The molecule has 18 heavy (non-hydrogen) atoms. The van der Waals surface area contributed by atoms with E-state index >= 15 is 0 Å². The van der Waals surface area contributed by atoms with Gasteiger partial charge in [-0.3, -0.25) is 0 Å². The van der Waals surface area contributed by atoms with Crippen molar-refractivity contribution in [2.75, 3.05) is 0 Å². The molecule has 0 aromatic heterocycles. The van der Waals surface area contributed by atoms with Crippen molar-refractivity contribution < 1.29 is 4.39 Å². The molecule has 0 unspecified atom stereocenters. The molecule has 0 spiro atoms. The monoisotopic (exact) mass is 245 g/mol. The van der Waals surface area contributed by atoms with E-state index in [1.54, 1.807) is 6.07 Å². The summed E-state index contributed by atoms with van der Waals surface area (Å²) in [5.41, 5.74) is 7.60. The molecule has 4 aliphatic carbocycles. The second-order valence-electron chi connectivity index (χ2n) is 6.75. The zero-order chi connectivity index (χ0) is 12.3. The first-order valence-electron chi connectivity index (χ1n) is 7.21. The zero-order valence-corrected chi connectivity index (χ0v) is 10.6. The third kappa shape index (κ3) is 1.36. The van der Waals surface area contributed by atoms with E-state index in [9.17, 15) is 4.39 Å². The molecule has 96 valence electrons. The van der Waals surface area contributed by atoms with Crippen LogP contribution in [0.4, 0.5) is 4.39 Å². The Morgan fingerprint density at radius 1 is 1.00 bits per heavy atom. The Morgan fingerprint density at radius 2 is 1.61 bits per heavy atom. The zero-order valence-electron chi connectivity index (χ0n) is 10.6. The molecule has 0 saturated heterocycles. The molecular formula is C16H20FN. The number of benzene rings is 1. The summed E-state index contributed by atoms with van der Waals surface area (Å²) in [4.78, 5) is 0. The lowest BCUT2D eigenvalue weighted by Gasteiger charge is -2.60. The van der Waals surface area contributed by atoms with Gasteiger partial charge in [0.25, 0.3) is 0 Å². The molecule has 4 aliphatic rings. The molecule has 4 saturated carbocycles. The van der Waals surface area contributed by atoms with Crippen LogP contribution in [0, 0.1) is 29.5 Å². The maximum absolute atomic E-state index is 13.5. The highest BCUT2D eigenvalue weighted by Gasteiger charge is 2.55. The molecule has 1 aromatic rings. The Morgan fingerprint density at radius 3 is 2.17 bits per heavy atom. The van der Waals surface area contributed by atoms with Gasteiger partial charge >= 0.3 is 0 Å². The normalized spacial score (nSPS) is 45.4. The average Bonchev–Trinajstić information content (AvgIpc) is 2.35. The van der Waals surface area contributed by atoms with E-state index < -0.39 is 0 Å². The maximum atomic E-state index is 13.5. The molecular weight excluding hydrogens is 225 g/mol. The highest BCUT2D eigenvalue weighted by atomic mass is 19.1. The van der Waals surface area contributed by atoms with Crippen LogP contribution in [-0.2, 0) is 5.54 Å². The fraction of sp³-hybridized carbons (Fsp3) is 0.625. The SMILES string of the molecule is NC1(c2cccc(F)c2)C2CC3CC(C2)CC1C3. The molecule has 4 fully saturated rings. The van der Waals surface area contributed by atoms with Crippen LogP contribution in [0.15, 0.2) is 24.3 Å². The van der Waals surface area contributed by atoms with Gasteiger partial charge in [-0.15, -0.1) is 0 Å². The Bertz CT molecular complexity index is 454. The van der Waals surface area contributed by atoms with Crippen molar-refractivity contribution in [2.24, 2.45) is 29.4 Å². The van der Waals surface area contributed by atoms with Crippen molar-refractivity contribution >= 4 is 0 Å². The van der Waals surface area contributed by atoms with Crippen LogP contribution in [0.3, 0.4) is 0 Å². The number of hydrogen-bond donors (Lipinski definition) is 1. The van der Waals surface area contributed by atoms with Crippen LogP contribution in [0.25, 0.3) is 0 Å². The number of hydrogen-bond acceptors (Lipinski definition) is 1. The predicted octanol–water partition coefficient (Wildman–Crippen LogP) is 3.44. The van der Waals surface area contributed by atoms with Crippen LogP contribution in [0.1, 0.15) is 37.7 Å². The Balaban J connectivity index is 1.78. The van der Waals surface area contributed by atoms with Gasteiger partial charge in [0.15, 0.2) is 0 Å². The molecule has 1 nitrogen and oxygen atoms in total. The smallest absolute Gasteiger partial charge is 0.123 e. The minimum absolute atomic E-state index is 0.147. The summed E-state index contributed by atoms with van der Waals surface area (Å²) in [7, 11) is 0. The second kappa shape index (κ2) is 3.57. The molecule has 0 radical (unpaired) electrons. The lowest BCUT2D eigenvalue weighted by molar-refractivity contribution is -0.0585. The van der Waals surface area contributed by atoms with Crippen LogP contribution in [-0.4, -0.2) is 0 Å². The maximum Gasteiger partial charge on any atom is 0.123 e. The van der Waals surface area contributed by atoms with Gasteiger partial charge in [0.2, 0.25) is 0 Å². The molecule has 5 rings (SSSR count). The molecule has 1 aromatic carbocycles. The highest BCUT2D eigenvalue weighted by molar-refractivity contribution is 5.30. The lowest BCUT2D eigenvalue weighted by Crippen LogP contribution is -2.60. The number of halogens is 1. The van der Waals surface area contributed by atoms with E-state index in [0.29, 0.717) is 11.8 Å². The topological polar surface area (TPSA) is 26.0 Å². The van der Waals surface area contributed by atoms with Gasteiger partial charge in [-0.05, 0) is 73.5 Å². The summed E-state index contributed by atoms with van der Waals surface area (Å²) in [6, 6.07) is 7.03. The van der Waals surface area contributed by atoms with Gasteiger partial charge < -0.3 is 5.73 Å². The third-order valence-corrected chi connectivity index (χ3v) is 5.81. The quantitative estimate of drug-likeness (QED) is 0.806. The van der Waals surface area contributed by atoms with E-state index in [1.807, 2.05) is 12.1 Å². The summed E-state index contributed by atoms with van der Waals surface area (Å²) in [5, 5.41) is 0. The number of nitrogens with two attached hydrogens (primary N) is 1. The Kier molecular flexibility index (Phi) is 2.18. The van der Waals surface area contributed by atoms with Crippen molar-refractivity contribution in [3.63, 3.8) is 0 Å². The Labute approximate surface area is 108 Å². The van der Waals surface area contributed by atoms with Crippen molar-refractivity contribution in [2.45, 2.75) is 37.6 Å². The molecule has 4 bridgehead atoms. The standard InChI is InChI=1S/C16H20FN/c17-15-3-1-2-12(9-15)16(18)13-5-10-4-11(7-13)8-14(16)6-10/h1-3,9-11,13-14H,4-8,18H2. The molecule has 2 N–H and O–H groups in total. The van der Waals surface area contributed by atoms with Crippen molar-refractivity contribution in [3.05, 3.63) is 35.6 Å². The van der Waals surface area contributed by atoms with E-state index in [2.05, 4.69) is 0 Å². The summed E-state index contributed by atoms with van der Waals surface area (Å²) >= 11 is 0. The fourth-order valence-corrected chi connectivity index (χ4v) is 5.19. The summed E-state index contributed by atoms with van der Waals surface area (Å²) in [5.74, 6) is 2.81. The first-order chi connectivity index (χ1) is 8.66. The minimum atomic E-state index is -0.254. The van der Waals surface area contributed by atoms with Gasteiger partial charge in [-0.2, -0.15) is 0 Å². The average molecular weight is 245 g/mol. The number of rotatable bonds is 1. The van der Waals surface area contributed by atoms with Gasteiger partial charge in [-0.25, -0.2) is 4.39 Å². The summed E-state index contributed by atoms with van der Waals surface area (Å²) in [6.45, 7) is 0. The summed E-state index contributed by atoms with van der Waals surface area (Å²) < 4.78 is 13.5. The van der Waals surface area contributed by atoms with Crippen molar-refractivity contribution in [1.29, 1.82) is 0 Å². The fourth-order valence-electron chi connectivity index (χ4n) is 5.19. The van der Waals surface area contributed by atoms with Gasteiger partial charge in [-0.1, -0.05) is 12.1 Å². The van der Waals surface area contributed by atoms with E-state index in [4.69, 9.17) is 5.73 Å². The Hall–Kier alpha value is -0.890. The second-order valence-corrected chi connectivity index (χ2v) is 6.75. The predicted molar refractivity (Wildman–Crippen MR) is 69.3 cm³/mol.